The first-order chi connectivity index (χ1) is 16.6. The molecule has 2 aliphatic carbocycles. The van der Waals surface area contributed by atoms with Gasteiger partial charge in [-0.3, -0.25) is 0 Å². The molecule has 0 saturated heterocycles. The van der Waals surface area contributed by atoms with Gasteiger partial charge in [-0.05, 0) is 85.7 Å². The average Bonchev–Trinajstić information content (AvgIpc) is 3.17. The first-order valence-corrected chi connectivity index (χ1v) is 13.3. The second-order valence-corrected chi connectivity index (χ2v) is 10.3. The summed E-state index contributed by atoms with van der Waals surface area (Å²) in [5, 5.41) is 9.13. The van der Waals surface area contributed by atoms with Crippen LogP contribution in [0.1, 0.15) is 80.3 Å². The molecule has 0 spiro atoms. The summed E-state index contributed by atoms with van der Waals surface area (Å²) in [5.41, 5.74) is 1.70. The molecule has 6 heteroatoms. The number of hydrogen-bond acceptors (Lipinski definition) is 5. The van der Waals surface area contributed by atoms with Gasteiger partial charge in [0.2, 0.25) is 0 Å². The highest BCUT2D eigenvalue weighted by molar-refractivity contribution is 8.00. The van der Waals surface area contributed by atoms with Crippen molar-refractivity contribution < 1.29 is 14.6 Å². The second kappa shape index (κ2) is 12.2. The Labute approximate surface area is 207 Å². The van der Waals surface area contributed by atoms with E-state index in [9.17, 15) is 4.79 Å². The predicted molar refractivity (Wildman–Crippen MR) is 137 cm³/mol. The summed E-state index contributed by atoms with van der Waals surface area (Å²) >= 11 is 1.40. The van der Waals surface area contributed by atoms with Crippen LogP contribution < -0.4 is 9.46 Å². The first-order valence-electron chi connectivity index (χ1n) is 12.4. The Hall–Kier alpha value is -2.65. The van der Waals surface area contributed by atoms with Crippen molar-refractivity contribution in [2.75, 3.05) is 11.8 Å². The molecule has 0 unspecified atom stereocenters. The van der Waals surface area contributed by atoms with Crippen LogP contribution in [0.15, 0.2) is 41.4 Å². The Balaban J connectivity index is 1.27. The van der Waals surface area contributed by atoms with E-state index in [1.54, 1.807) is 12.1 Å². The van der Waals surface area contributed by atoms with Gasteiger partial charge in [-0.25, -0.2) is 9.78 Å². The van der Waals surface area contributed by atoms with E-state index in [4.69, 9.17) is 9.84 Å². The van der Waals surface area contributed by atoms with Gasteiger partial charge < -0.3 is 14.6 Å². The molecule has 34 heavy (non-hydrogen) atoms. The van der Waals surface area contributed by atoms with Gasteiger partial charge in [0.1, 0.15) is 11.4 Å². The normalized spacial score (nSPS) is 21.1. The van der Waals surface area contributed by atoms with E-state index in [0.717, 1.165) is 22.4 Å². The van der Waals surface area contributed by atoms with Gasteiger partial charge in [0.05, 0.1) is 18.4 Å². The van der Waals surface area contributed by atoms with Crippen molar-refractivity contribution in [1.29, 1.82) is 0 Å². The number of nitrogens with zero attached hydrogens (tertiary/aromatic N) is 1. The van der Waals surface area contributed by atoms with Crippen LogP contribution in [0.2, 0.25) is 0 Å². The fourth-order valence-electron chi connectivity index (χ4n) is 5.23. The van der Waals surface area contributed by atoms with Gasteiger partial charge in [0, 0.05) is 17.0 Å². The maximum absolute atomic E-state index is 11.1. The number of carboxylic acid groups (broad SMARTS) is 1. The summed E-state index contributed by atoms with van der Waals surface area (Å²) in [7, 11) is 1.52. The Bertz CT molecular complexity index is 1010. The molecule has 0 amide bonds. The highest BCUT2D eigenvalue weighted by atomic mass is 32.2. The molecule has 0 atom stereocenters. The van der Waals surface area contributed by atoms with Crippen molar-refractivity contribution in [1.82, 2.24) is 4.98 Å². The van der Waals surface area contributed by atoms with Crippen LogP contribution in [0.3, 0.4) is 0 Å². The minimum absolute atomic E-state index is 0.190. The molecule has 5 nitrogen and oxygen atoms in total. The van der Waals surface area contributed by atoms with Gasteiger partial charge in [0.15, 0.2) is 0 Å². The van der Waals surface area contributed by atoms with E-state index in [1.165, 1.54) is 89.3 Å². The van der Waals surface area contributed by atoms with Gasteiger partial charge in [0.25, 0.3) is 0 Å². The third kappa shape index (κ3) is 6.70. The average molecular weight is 479 g/mol. The van der Waals surface area contributed by atoms with E-state index < -0.39 is 5.97 Å². The van der Waals surface area contributed by atoms with E-state index in [0.29, 0.717) is 17.4 Å². The lowest BCUT2D eigenvalue weighted by molar-refractivity contribution is 0.0696. The second-order valence-electron chi connectivity index (χ2n) is 9.44. The molecular weight excluding hydrogens is 444 g/mol. The fourth-order valence-corrected chi connectivity index (χ4v) is 5.87. The Morgan fingerprint density at radius 3 is 2.41 bits per heavy atom. The highest BCUT2D eigenvalue weighted by Crippen LogP contribution is 2.39. The number of rotatable bonds is 6. The van der Waals surface area contributed by atoms with E-state index in [2.05, 4.69) is 21.5 Å². The number of pyridine rings is 1. The summed E-state index contributed by atoms with van der Waals surface area (Å²) in [4.78, 5) is 16.6. The standard InChI is InChI=1S/C28H34N2O3S/c1-33-27-18-23(28(31)32)13-17-26(27)30-34-25-16-15-24(29-19-25)14-10-20-8-11-22(12-9-20)21-6-4-2-3-5-7-21/h13,15-22,30H,2-9,11-12H2,1H3,(H,31,32). The molecule has 180 valence electrons. The number of carboxylic acids is 1. The quantitative estimate of drug-likeness (QED) is 0.264. The molecule has 0 aliphatic heterocycles. The van der Waals surface area contributed by atoms with Crippen molar-refractivity contribution in [3.05, 3.63) is 47.8 Å². The van der Waals surface area contributed by atoms with Crippen molar-refractivity contribution in [2.45, 2.75) is 69.1 Å². The molecule has 2 aromatic rings. The van der Waals surface area contributed by atoms with Crippen LogP contribution in [0.5, 0.6) is 5.75 Å². The number of nitrogens with one attached hydrogen (secondary N) is 1. The third-order valence-corrected chi connectivity index (χ3v) is 8.01. The van der Waals surface area contributed by atoms with Crippen LogP contribution in [-0.4, -0.2) is 23.2 Å². The molecule has 1 heterocycles. The van der Waals surface area contributed by atoms with Gasteiger partial charge >= 0.3 is 5.97 Å². The third-order valence-electron chi connectivity index (χ3n) is 7.21. The molecule has 0 radical (unpaired) electrons. The van der Waals surface area contributed by atoms with E-state index >= 15 is 0 Å². The number of aromatic carboxylic acids is 1. The maximum atomic E-state index is 11.1. The van der Waals surface area contributed by atoms with Gasteiger partial charge in [-0.15, -0.1) is 0 Å². The van der Waals surface area contributed by atoms with Crippen LogP contribution >= 0.6 is 11.9 Å². The summed E-state index contributed by atoms with van der Waals surface area (Å²) in [6.07, 6.45) is 15.6. The van der Waals surface area contributed by atoms with Crippen molar-refractivity contribution in [3.63, 3.8) is 0 Å². The van der Waals surface area contributed by atoms with Gasteiger partial charge in [-0.2, -0.15) is 0 Å². The number of anilines is 1. The molecule has 1 aromatic carbocycles. The van der Waals surface area contributed by atoms with Crippen molar-refractivity contribution >= 4 is 23.6 Å². The molecule has 2 saturated carbocycles. The zero-order valence-corrected chi connectivity index (χ0v) is 20.7. The SMILES string of the molecule is COc1cc(C(=O)O)ccc1NSc1ccc(C#CC2CCC(C3CCCCCC3)CC2)nc1. The van der Waals surface area contributed by atoms with Crippen molar-refractivity contribution in [3.8, 4) is 17.6 Å². The zero-order chi connectivity index (χ0) is 23.8. The smallest absolute Gasteiger partial charge is 0.335 e. The Morgan fingerprint density at radius 2 is 1.76 bits per heavy atom. The summed E-state index contributed by atoms with van der Waals surface area (Å²) < 4.78 is 8.51. The summed E-state index contributed by atoms with van der Waals surface area (Å²) in [6.45, 7) is 0. The highest BCUT2D eigenvalue weighted by Gasteiger charge is 2.27. The molecule has 0 bridgehead atoms. The number of carbonyl (C=O) groups is 1. The first kappa shape index (κ1) is 24.5. The monoisotopic (exact) mass is 478 g/mol. The lowest BCUT2D eigenvalue weighted by atomic mass is 9.73. The van der Waals surface area contributed by atoms with Gasteiger partial charge in [-0.1, -0.05) is 44.4 Å². The van der Waals surface area contributed by atoms with Crippen LogP contribution in [0.4, 0.5) is 5.69 Å². The number of aromatic nitrogens is 1. The topological polar surface area (TPSA) is 71.5 Å². The van der Waals surface area contributed by atoms with E-state index in [-0.39, 0.29) is 5.56 Å². The number of benzene rings is 1. The zero-order valence-electron chi connectivity index (χ0n) is 19.9. The number of methoxy groups -OCH3 is 1. The molecular formula is C28H34N2O3S. The molecule has 2 N–H and O–H groups in total. The minimum Gasteiger partial charge on any atom is -0.495 e. The lowest BCUT2D eigenvalue weighted by Crippen LogP contribution is -2.21. The van der Waals surface area contributed by atoms with Crippen LogP contribution in [0, 0.1) is 29.6 Å². The van der Waals surface area contributed by atoms with Crippen LogP contribution in [0.25, 0.3) is 0 Å². The molecule has 2 fully saturated rings. The Morgan fingerprint density at radius 1 is 1.03 bits per heavy atom. The fraction of sp³-hybridized carbons (Fsp3) is 0.500. The molecule has 1 aromatic heterocycles. The summed E-state index contributed by atoms with van der Waals surface area (Å²) in [6, 6.07) is 8.71. The van der Waals surface area contributed by atoms with E-state index in [1.807, 2.05) is 18.3 Å². The molecule has 4 rings (SSSR count). The van der Waals surface area contributed by atoms with Crippen molar-refractivity contribution in [2.24, 2.45) is 17.8 Å². The largest absolute Gasteiger partial charge is 0.495 e. The lowest BCUT2D eigenvalue weighted by Gasteiger charge is -2.32. The number of ether oxygens (including phenoxy) is 1. The number of hydrogen-bond donors (Lipinski definition) is 2. The van der Waals surface area contributed by atoms with Crippen LogP contribution in [-0.2, 0) is 0 Å². The predicted octanol–water partition coefficient (Wildman–Crippen LogP) is 7.04. The minimum atomic E-state index is -0.980. The Kier molecular flexibility index (Phi) is 8.76. The maximum Gasteiger partial charge on any atom is 0.335 e. The summed E-state index contributed by atoms with van der Waals surface area (Å²) in [5.74, 6) is 8.67. The molecule has 2 aliphatic rings.